The number of aromatic nitrogens is 1. The molecule has 3 rings (SSSR count). The number of carbonyl (C=O) groups is 2. The number of ether oxygens (including phenoxy) is 2. The zero-order chi connectivity index (χ0) is 22.9. The lowest BCUT2D eigenvalue weighted by Gasteiger charge is -2.30. The molecule has 1 N–H and O–H groups in total. The Morgan fingerprint density at radius 1 is 1.16 bits per heavy atom. The molecule has 32 heavy (non-hydrogen) atoms. The molecule has 1 fully saturated rings. The van der Waals surface area contributed by atoms with Gasteiger partial charge in [-0.05, 0) is 38.0 Å². The summed E-state index contributed by atoms with van der Waals surface area (Å²) in [6, 6.07) is 10.4. The summed E-state index contributed by atoms with van der Waals surface area (Å²) in [5, 5.41) is 2.70. The van der Waals surface area contributed by atoms with E-state index in [1.807, 2.05) is 6.92 Å². The summed E-state index contributed by atoms with van der Waals surface area (Å²) < 4.78 is 11.3. The Kier molecular flexibility index (Phi) is 8.09. The third-order valence-electron chi connectivity index (χ3n) is 5.23. The van der Waals surface area contributed by atoms with Gasteiger partial charge >= 0.3 is 6.09 Å². The minimum Gasteiger partial charge on any atom is -0.439 e. The van der Waals surface area contributed by atoms with Gasteiger partial charge in [0, 0.05) is 43.9 Å². The summed E-state index contributed by atoms with van der Waals surface area (Å²) in [6.07, 6.45) is 6.82. The lowest BCUT2D eigenvalue weighted by molar-refractivity contribution is -0.119. The van der Waals surface area contributed by atoms with E-state index < -0.39 is 0 Å². The summed E-state index contributed by atoms with van der Waals surface area (Å²) in [6.45, 7) is 3.27. The number of hydrogen-bond acceptors (Lipinski definition) is 5. The van der Waals surface area contributed by atoms with Gasteiger partial charge in [-0.2, -0.15) is 0 Å². The molecule has 1 aromatic carbocycles. The van der Waals surface area contributed by atoms with Crippen LogP contribution in [0.2, 0.25) is 0 Å². The first-order valence-electron chi connectivity index (χ1n) is 10.9. The van der Waals surface area contributed by atoms with E-state index in [0.29, 0.717) is 22.9 Å². The van der Waals surface area contributed by atoms with E-state index in [2.05, 4.69) is 22.1 Å². The number of amides is 2. The maximum Gasteiger partial charge on any atom is 0.415 e. The molecule has 7 heteroatoms. The smallest absolute Gasteiger partial charge is 0.415 e. The van der Waals surface area contributed by atoms with Crippen LogP contribution in [0.1, 0.15) is 51.5 Å². The van der Waals surface area contributed by atoms with Crippen LogP contribution >= 0.6 is 0 Å². The van der Waals surface area contributed by atoms with Crippen LogP contribution in [0.4, 0.5) is 4.79 Å². The Hall–Kier alpha value is -3.53. The van der Waals surface area contributed by atoms with Crippen LogP contribution in [-0.4, -0.2) is 41.0 Å². The topological polar surface area (TPSA) is 80.8 Å². The average Bonchev–Trinajstić information content (AvgIpc) is 2.78. The van der Waals surface area contributed by atoms with Crippen LogP contribution in [0.3, 0.4) is 0 Å². The molecular formula is C25H29N3O4. The van der Waals surface area contributed by atoms with Crippen molar-refractivity contribution in [2.45, 2.75) is 58.0 Å². The van der Waals surface area contributed by atoms with Crippen LogP contribution in [0.15, 0.2) is 42.6 Å². The Labute approximate surface area is 189 Å². The molecular weight excluding hydrogens is 406 g/mol. The fourth-order valence-corrected chi connectivity index (χ4v) is 3.56. The monoisotopic (exact) mass is 435 g/mol. The highest BCUT2D eigenvalue weighted by Crippen LogP contribution is 2.26. The Balaban J connectivity index is 1.58. The normalized spacial score (nSPS) is 14.5. The number of pyridine rings is 1. The first kappa shape index (κ1) is 23.1. The van der Waals surface area contributed by atoms with E-state index in [0.717, 1.165) is 25.7 Å². The van der Waals surface area contributed by atoms with Crippen LogP contribution in [0.25, 0.3) is 0 Å². The van der Waals surface area contributed by atoms with Crippen molar-refractivity contribution in [3.8, 4) is 29.2 Å². The fourth-order valence-electron chi connectivity index (χ4n) is 3.56. The van der Waals surface area contributed by atoms with Gasteiger partial charge in [0.1, 0.15) is 11.5 Å². The van der Waals surface area contributed by atoms with Crippen molar-refractivity contribution in [3.63, 3.8) is 0 Å². The molecule has 2 amide bonds. The molecule has 1 atom stereocenters. The predicted molar refractivity (Wildman–Crippen MR) is 122 cm³/mol. The second-order valence-electron chi connectivity index (χ2n) is 7.92. The molecule has 0 radical (unpaired) electrons. The van der Waals surface area contributed by atoms with Gasteiger partial charge in [0.05, 0.1) is 6.04 Å². The Morgan fingerprint density at radius 2 is 1.91 bits per heavy atom. The quantitative estimate of drug-likeness (QED) is 0.699. The average molecular weight is 436 g/mol. The minimum absolute atomic E-state index is 0.123. The lowest BCUT2D eigenvalue weighted by atomic mass is 9.95. The van der Waals surface area contributed by atoms with Gasteiger partial charge in [-0.3, -0.25) is 4.79 Å². The van der Waals surface area contributed by atoms with Crippen molar-refractivity contribution in [3.05, 3.63) is 48.2 Å². The lowest BCUT2D eigenvalue weighted by Crippen LogP contribution is -2.39. The first-order valence-corrected chi connectivity index (χ1v) is 10.9. The molecule has 1 heterocycles. The maximum atomic E-state index is 12.5. The van der Waals surface area contributed by atoms with Crippen LogP contribution in [-0.2, 0) is 4.79 Å². The number of rotatable bonds is 5. The van der Waals surface area contributed by atoms with Gasteiger partial charge in [-0.25, -0.2) is 9.78 Å². The zero-order valence-electron chi connectivity index (χ0n) is 18.8. The Morgan fingerprint density at radius 3 is 2.59 bits per heavy atom. The number of hydrogen-bond donors (Lipinski definition) is 1. The SMILES string of the molecule is CC(=O)NC(C)C#Cc1ccc(Oc2cccc(OC(=O)N(C)C3CCCCC3)c2)nc1. The highest BCUT2D eigenvalue weighted by molar-refractivity contribution is 5.73. The maximum absolute atomic E-state index is 12.5. The van der Waals surface area contributed by atoms with Crippen molar-refractivity contribution in [1.82, 2.24) is 15.2 Å². The second kappa shape index (κ2) is 11.2. The Bertz CT molecular complexity index is 988. The number of benzene rings is 1. The molecule has 0 bridgehead atoms. The first-order chi connectivity index (χ1) is 15.4. The minimum atomic E-state index is -0.358. The molecule has 0 spiro atoms. The van der Waals surface area contributed by atoms with Crippen molar-refractivity contribution in [2.24, 2.45) is 0 Å². The molecule has 1 aliphatic rings. The van der Waals surface area contributed by atoms with Gasteiger partial charge in [0.25, 0.3) is 0 Å². The van der Waals surface area contributed by atoms with E-state index in [1.54, 1.807) is 54.5 Å². The van der Waals surface area contributed by atoms with Gasteiger partial charge < -0.3 is 19.7 Å². The number of carbonyl (C=O) groups excluding carboxylic acids is 2. The predicted octanol–water partition coefficient (Wildman–Crippen LogP) is 4.51. The highest BCUT2D eigenvalue weighted by Gasteiger charge is 2.23. The summed E-state index contributed by atoms with van der Waals surface area (Å²) >= 11 is 0. The van der Waals surface area contributed by atoms with Gasteiger partial charge in [-0.1, -0.05) is 37.2 Å². The standard InChI is InChI=1S/C25H29N3O4/c1-18(27-19(2)29)12-13-20-14-15-24(26-17-20)31-22-10-7-11-23(16-22)32-25(30)28(3)21-8-5-4-6-9-21/h7,10-11,14-18,21H,4-6,8-9H2,1-3H3,(H,27,29). The highest BCUT2D eigenvalue weighted by atomic mass is 16.6. The van der Waals surface area contributed by atoms with E-state index in [4.69, 9.17) is 9.47 Å². The number of nitrogens with zero attached hydrogens (tertiary/aromatic N) is 2. The third kappa shape index (κ3) is 7.02. The molecule has 0 aliphatic heterocycles. The molecule has 2 aromatic rings. The number of nitrogens with one attached hydrogen (secondary N) is 1. The van der Waals surface area contributed by atoms with E-state index in [-0.39, 0.29) is 24.1 Å². The van der Waals surface area contributed by atoms with Crippen LogP contribution in [0, 0.1) is 11.8 Å². The fraction of sp³-hybridized carbons (Fsp3) is 0.400. The van der Waals surface area contributed by atoms with E-state index in [9.17, 15) is 9.59 Å². The van der Waals surface area contributed by atoms with Crippen molar-refractivity contribution in [2.75, 3.05) is 7.05 Å². The van der Waals surface area contributed by atoms with Crippen molar-refractivity contribution >= 4 is 12.0 Å². The molecule has 1 aromatic heterocycles. The summed E-state index contributed by atoms with van der Waals surface area (Å²) in [7, 11) is 1.80. The molecule has 7 nitrogen and oxygen atoms in total. The van der Waals surface area contributed by atoms with Crippen molar-refractivity contribution < 1.29 is 19.1 Å². The van der Waals surface area contributed by atoms with Gasteiger partial charge in [-0.15, -0.1) is 0 Å². The second-order valence-corrected chi connectivity index (χ2v) is 7.92. The molecule has 1 aliphatic carbocycles. The van der Waals surface area contributed by atoms with E-state index in [1.165, 1.54) is 13.3 Å². The van der Waals surface area contributed by atoms with Gasteiger partial charge in [0.2, 0.25) is 11.8 Å². The zero-order valence-corrected chi connectivity index (χ0v) is 18.8. The third-order valence-corrected chi connectivity index (χ3v) is 5.23. The van der Waals surface area contributed by atoms with Crippen molar-refractivity contribution in [1.29, 1.82) is 0 Å². The van der Waals surface area contributed by atoms with E-state index >= 15 is 0 Å². The molecule has 0 saturated heterocycles. The largest absolute Gasteiger partial charge is 0.439 e. The molecule has 1 saturated carbocycles. The van der Waals surface area contributed by atoms with Crippen LogP contribution in [0.5, 0.6) is 17.4 Å². The molecule has 168 valence electrons. The summed E-state index contributed by atoms with van der Waals surface area (Å²) in [5.41, 5.74) is 0.711. The summed E-state index contributed by atoms with van der Waals surface area (Å²) in [5.74, 6) is 7.12. The molecule has 1 unspecified atom stereocenters. The van der Waals surface area contributed by atoms with Gasteiger partial charge in [0.15, 0.2) is 0 Å². The summed E-state index contributed by atoms with van der Waals surface area (Å²) in [4.78, 5) is 29.5. The van der Waals surface area contributed by atoms with Crippen LogP contribution < -0.4 is 14.8 Å².